The molecule has 2 heterocycles. The van der Waals surface area contributed by atoms with Gasteiger partial charge in [-0.25, -0.2) is 4.98 Å². The number of fused-ring (bicyclic) bond motifs is 1. The molecular weight excluding hydrogens is 408 g/mol. The Morgan fingerprint density at radius 3 is 2.86 bits per heavy atom. The quantitative estimate of drug-likeness (QED) is 0.624. The van der Waals surface area contributed by atoms with Crippen LogP contribution in [-0.2, 0) is 17.6 Å². The van der Waals surface area contributed by atoms with E-state index in [2.05, 4.69) is 10.3 Å². The summed E-state index contributed by atoms with van der Waals surface area (Å²) in [5, 5.41) is 6.65. The van der Waals surface area contributed by atoms with Crippen LogP contribution in [0.25, 0.3) is 0 Å². The first kappa shape index (κ1) is 19.7. The fraction of sp³-hybridized carbons (Fsp3) is 0.273. The SMILES string of the molecule is CC(NC(=O)Cc1csc(Cc2cccc(Cl)c2)n1)c1ccc2c(c1)OCCO2. The first-order chi connectivity index (χ1) is 14.1. The summed E-state index contributed by atoms with van der Waals surface area (Å²) < 4.78 is 11.2. The predicted molar refractivity (Wildman–Crippen MR) is 114 cm³/mol. The fourth-order valence-corrected chi connectivity index (χ4v) is 4.24. The molecule has 0 bridgehead atoms. The number of carbonyl (C=O) groups excluding carboxylic acids is 1. The molecule has 0 aliphatic carbocycles. The van der Waals surface area contributed by atoms with E-state index in [0.29, 0.717) is 24.7 Å². The van der Waals surface area contributed by atoms with Crippen LogP contribution >= 0.6 is 22.9 Å². The third-order valence-corrected chi connectivity index (χ3v) is 5.76. The second-order valence-electron chi connectivity index (χ2n) is 6.91. The van der Waals surface area contributed by atoms with Crippen LogP contribution < -0.4 is 14.8 Å². The lowest BCUT2D eigenvalue weighted by atomic mass is 10.1. The molecule has 0 saturated heterocycles. The first-order valence-electron chi connectivity index (χ1n) is 9.43. The zero-order valence-electron chi connectivity index (χ0n) is 16.0. The standard InChI is InChI=1S/C22H21ClN2O3S/c1-14(16-5-6-19-20(11-16)28-8-7-27-19)24-21(26)12-18-13-29-22(25-18)10-15-3-2-4-17(23)9-15/h2-6,9,11,13-14H,7-8,10,12H2,1H3,(H,24,26). The number of benzene rings is 2. The van der Waals surface area contributed by atoms with Crippen LogP contribution in [0.5, 0.6) is 11.5 Å². The van der Waals surface area contributed by atoms with E-state index >= 15 is 0 Å². The average molecular weight is 429 g/mol. The largest absolute Gasteiger partial charge is 0.486 e. The van der Waals surface area contributed by atoms with Crippen molar-refractivity contribution < 1.29 is 14.3 Å². The van der Waals surface area contributed by atoms with E-state index in [1.807, 2.05) is 54.8 Å². The number of ether oxygens (including phenoxy) is 2. The number of thiazole rings is 1. The van der Waals surface area contributed by atoms with Gasteiger partial charge >= 0.3 is 0 Å². The van der Waals surface area contributed by atoms with Gasteiger partial charge in [0.05, 0.1) is 23.2 Å². The van der Waals surface area contributed by atoms with Crippen molar-refractivity contribution in [3.63, 3.8) is 0 Å². The summed E-state index contributed by atoms with van der Waals surface area (Å²) in [6, 6.07) is 13.4. The van der Waals surface area contributed by atoms with Crippen LogP contribution in [0.4, 0.5) is 0 Å². The van der Waals surface area contributed by atoms with Crippen molar-refractivity contribution in [1.29, 1.82) is 0 Å². The van der Waals surface area contributed by atoms with Gasteiger partial charge in [-0.15, -0.1) is 11.3 Å². The molecule has 0 fully saturated rings. The minimum absolute atomic E-state index is 0.0630. The maximum Gasteiger partial charge on any atom is 0.226 e. The van der Waals surface area contributed by atoms with E-state index < -0.39 is 0 Å². The maximum atomic E-state index is 12.5. The molecule has 1 amide bonds. The van der Waals surface area contributed by atoms with Crippen molar-refractivity contribution in [2.24, 2.45) is 0 Å². The lowest BCUT2D eigenvalue weighted by Crippen LogP contribution is -2.28. The summed E-state index contributed by atoms with van der Waals surface area (Å²) in [5.41, 5.74) is 2.86. The Morgan fingerprint density at radius 2 is 2.03 bits per heavy atom. The van der Waals surface area contributed by atoms with Crippen LogP contribution in [0.1, 0.15) is 34.8 Å². The molecule has 1 aliphatic rings. The molecule has 7 heteroatoms. The second-order valence-corrected chi connectivity index (χ2v) is 8.29. The monoisotopic (exact) mass is 428 g/mol. The molecule has 150 valence electrons. The number of halogens is 1. The molecule has 2 aromatic carbocycles. The number of aromatic nitrogens is 1. The molecule has 0 spiro atoms. The highest BCUT2D eigenvalue weighted by molar-refractivity contribution is 7.09. The van der Waals surface area contributed by atoms with Crippen molar-refractivity contribution in [2.45, 2.75) is 25.8 Å². The Morgan fingerprint density at radius 1 is 1.21 bits per heavy atom. The first-order valence-corrected chi connectivity index (χ1v) is 10.7. The van der Waals surface area contributed by atoms with Gasteiger partial charge in [-0.05, 0) is 42.3 Å². The molecule has 29 heavy (non-hydrogen) atoms. The van der Waals surface area contributed by atoms with E-state index in [0.717, 1.165) is 33.3 Å². The van der Waals surface area contributed by atoms with Gasteiger partial charge in [0.1, 0.15) is 13.2 Å². The van der Waals surface area contributed by atoms with Gasteiger partial charge in [0.25, 0.3) is 0 Å². The summed E-state index contributed by atoms with van der Waals surface area (Å²) >= 11 is 7.60. The highest BCUT2D eigenvalue weighted by Crippen LogP contribution is 2.32. The Hall–Kier alpha value is -2.57. The van der Waals surface area contributed by atoms with Gasteiger partial charge in [-0.2, -0.15) is 0 Å². The average Bonchev–Trinajstić information content (AvgIpc) is 3.14. The molecule has 4 rings (SSSR count). The zero-order chi connectivity index (χ0) is 20.2. The van der Waals surface area contributed by atoms with E-state index in [1.165, 1.54) is 0 Å². The summed E-state index contributed by atoms with van der Waals surface area (Å²) in [6.45, 7) is 3.05. The topological polar surface area (TPSA) is 60.5 Å². The summed E-state index contributed by atoms with van der Waals surface area (Å²) in [4.78, 5) is 17.1. The molecule has 3 aromatic rings. The van der Waals surface area contributed by atoms with Crippen LogP contribution in [-0.4, -0.2) is 24.1 Å². The van der Waals surface area contributed by atoms with Gasteiger partial charge < -0.3 is 14.8 Å². The lowest BCUT2D eigenvalue weighted by Gasteiger charge is -2.21. The van der Waals surface area contributed by atoms with E-state index in [9.17, 15) is 4.79 Å². The van der Waals surface area contributed by atoms with Crippen molar-refractivity contribution in [1.82, 2.24) is 10.3 Å². The Balaban J connectivity index is 1.34. The Labute approximate surface area is 178 Å². The van der Waals surface area contributed by atoms with Crippen LogP contribution in [0, 0.1) is 0 Å². The van der Waals surface area contributed by atoms with Crippen LogP contribution in [0.15, 0.2) is 47.8 Å². The molecule has 1 N–H and O–H groups in total. The third-order valence-electron chi connectivity index (χ3n) is 4.63. The second kappa shape index (κ2) is 8.84. The molecule has 1 aliphatic heterocycles. The molecule has 1 atom stereocenters. The highest BCUT2D eigenvalue weighted by Gasteiger charge is 2.16. The highest BCUT2D eigenvalue weighted by atomic mass is 35.5. The van der Waals surface area contributed by atoms with Crippen molar-refractivity contribution in [2.75, 3.05) is 13.2 Å². The summed E-state index contributed by atoms with van der Waals surface area (Å²) in [6.07, 6.45) is 0.960. The summed E-state index contributed by atoms with van der Waals surface area (Å²) in [5.74, 6) is 1.40. The van der Waals surface area contributed by atoms with Crippen molar-refractivity contribution in [3.05, 3.63) is 74.7 Å². The normalized spacial score (nSPS) is 13.7. The molecule has 1 aromatic heterocycles. The van der Waals surface area contributed by atoms with Crippen molar-refractivity contribution >= 4 is 28.8 Å². The minimum Gasteiger partial charge on any atom is -0.486 e. The fourth-order valence-electron chi connectivity index (χ4n) is 3.20. The van der Waals surface area contributed by atoms with Crippen LogP contribution in [0.2, 0.25) is 5.02 Å². The van der Waals surface area contributed by atoms with Crippen LogP contribution in [0.3, 0.4) is 0 Å². The Bertz CT molecular complexity index is 1020. The minimum atomic E-state index is -0.136. The van der Waals surface area contributed by atoms with Gasteiger partial charge in [0.15, 0.2) is 11.5 Å². The smallest absolute Gasteiger partial charge is 0.226 e. The summed E-state index contributed by atoms with van der Waals surface area (Å²) in [7, 11) is 0. The molecule has 5 nitrogen and oxygen atoms in total. The third kappa shape index (κ3) is 5.08. The number of hydrogen-bond acceptors (Lipinski definition) is 5. The van der Waals surface area contributed by atoms with Gasteiger partial charge in [0, 0.05) is 16.8 Å². The zero-order valence-corrected chi connectivity index (χ0v) is 17.6. The van der Waals surface area contributed by atoms with E-state index in [4.69, 9.17) is 21.1 Å². The predicted octanol–water partition coefficient (Wildman–Crippen LogP) is 4.58. The molecular formula is C22H21ClN2O3S. The van der Waals surface area contributed by atoms with E-state index in [-0.39, 0.29) is 18.4 Å². The molecule has 0 saturated carbocycles. The number of nitrogens with zero attached hydrogens (tertiary/aromatic N) is 1. The number of hydrogen-bond donors (Lipinski definition) is 1. The lowest BCUT2D eigenvalue weighted by molar-refractivity contribution is -0.121. The number of amides is 1. The number of rotatable bonds is 6. The van der Waals surface area contributed by atoms with Gasteiger partial charge in [-0.3, -0.25) is 4.79 Å². The van der Waals surface area contributed by atoms with Crippen molar-refractivity contribution in [3.8, 4) is 11.5 Å². The molecule has 0 radical (unpaired) electrons. The maximum absolute atomic E-state index is 12.5. The molecule has 1 unspecified atom stereocenters. The van der Waals surface area contributed by atoms with Gasteiger partial charge in [-0.1, -0.05) is 29.8 Å². The van der Waals surface area contributed by atoms with Gasteiger partial charge in [0.2, 0.25) is 5.91 Å². The Kier molecular flexibility index (Phi) is 6.02. The number of nitrogens with one attached hydrogen (secondary N) is 1. The number of carbonyl (C=O) groups is 1. The van der Waals surface area contributed by atoms with E-state index in [1.54, 1.807) is 11.3 Å².